The smallest absolute Gasteiger partial charge is 0.0991 e. The SMILES string of the molecule is N#Cc1ccc2c(c1)C1(c3ccccc3-c3ccccc31)c1cc(-c3ccc4c(c3)C3C(c5cccc6c5c5ccccc5n6-c5ccccc5)=CC=CC3N4c3ccccc3)ccc1-2. The third-order valence-corrected chi connectivity index (χ3v) is 14.8. The van der Waals surface area contributed by atoms with Gasteiger partial charge in [-0.05, 0) is 139 Å². The Balaban J connectivity index is 0.978. The molecule has 0 fully saturated rings. The third-order valence-electron chi connectivity index (χ3n) is 14.8. The molecule has 9 aromatic carbocycles. The summed E-state index contributed by atoms with van der Waals surface area (Å²) < 4.78 is 2.42. The van der Waals surface area contributed by atoms with E-state index in [2.05, 4.69) is 234 Å². The quantitative estimate of drug-likeness (QED) is 0.177. The van der Waals surface area contributed by atoms with E-state index in [0.717, 1.165) is 5.69 Å². The first-order valence-electron chi connectivity index (χ1n) is 22.6. The Bertz CT molecular complexity index is 3700. The van der Waals surface area contributed by atoms with Crippen molar-refractivity contribution >= 4 is 38.8 Å². The molecule has 302 valence electrons. The van der Waals surface area contributed by atoms with Crippen molar-refractivity contribution in [1.29, 1.82) is 5.26 Å². The van der Waals surface area contributed by atoms with Gasteiger partial charge in [0.2, 0.25) is 0 Å². The summed E-state index contributed by atoms with van der Waals surface area (Å²) in [5, 5.41) is 12.8. The minimum atomic E-state index is -0.547. The molecule has 2 heterocycles. The molecule has 0 bridgehead atoms. The Kier molecular flexibility index (Phi) is 7.51. The molecular weight excluding hydrogens is 787 g/mol. The summed E-state index contributed by atoms with van der Waals surface area (Å²) in [6, 6.07) is 78.2. The molecule has 0 saturated heterocycles. The molecule has 10 aromatic rings. The lowest BCUT2D eigenvalue weighted by Gasteiger charge is -2.31. The van der Waals surface area contributed by atoms with Gasteiger partial charge in [0.05, 0.1) is 34.1 Å². The minimum Gasteiger partial charge on any atom is -0.333 e. The van der Waals surface area contributed by atoms with Gasteiger partial charge in [-0.25, -0.2) is 0 Å². The summed E-state index contributed by atoms with van der Waals surface area (Å²) in [4.78, 5) is 2.55. The number of hydrogen-bond donors (Lipinski definition) is 0. The molecule has 0 amide bonds. The maximum atomic E-state index is 10.2. The van der Waals surface area contributed by atoms with E-state index < -0.39 is 5.41 Å². The number of benzene rings is 9. The number of allylic oxidation sites excluding steroid dienone is 2. The van der Waals surface area contributed by atoms with Gasteiger partial charge < -0.3 is 9.47 Å². The van der Waals surface area contributed by atoms with E-state index in [1.54, 1.807) is 0 Å². The van der Waals surface area contributed by atoms with Crippen molar-refractivity contribution < 1.29 is 0 Å². The molecule has 4 aliphatic rings. The molecule has 0 radical (unpaired) electrons. The molecule has 1 aliphatic heterocycles. The molecule has 3 heteroatoms. The van der Waals surface area contributed by atoms with Crippen LogP contribution in [0.25, 0.3) is 66.4 Å². The van der Waals surface area contributed by atoms with E-state index in [9.17, 15) is 5.26 Å². The lowest BCUT2D eigenvalue weighted by atomic mass is 9.70. The van der Waals surface area contributed by atoms with Crippen LogP contribution < -0.4 is 4.90 Å². The van der Waals surface area contributed by atoms with Crippen molar-refractivity contribution in [3.05, 3.63) is 263 Å². The highest BCUT2D eigenvalue weighted by Crippen LogP contribution is 2.63. The van der Waals surface area contributed by atoms with E-state index in [1.165, 1.54) is 106 Å². The van der Waals surface area contributed by atoms with E-state index >= 15 is 0 Å². The van der Waals surface area contributed by atoms with Gasteiger partial charge in [0, 0.05) is 33.8 Å². The molecule has 2 unspecified atom stereocenters. The Morgan fingerprint density at radius 1 is 0.477 bits per heavy atom. The van der Waals surface area contributed by atoms with Crippen molar-refractivity contribution in [2.24, 2.45) is 0 Å². The standard InChI is InChI=1S/C62H39N3/c63-38-39-29-32-46-47-33-30-41(37-55(47)62(54(46)35-39)52-24-10-7-19-44(52)45-20-8-11-25-53(45)62)40-31-34-57-51(36-40)61-49(23-14-28-59(61)65(57)43-17-5-2-6-18-43)48-22-13-27-58-60(48)50-21-9-12-26-56(50)64(58)42-15-3-1-4-16-42/h1-37,59,61H. The van der Waals surface area contributed by atoms with Crippen LogP contribution in [0.15, 0.2) is 224 Å². The Labute approximate surface area is 377 Å². The number of aromatic nitrogens is 1. The van der Waals surface area contributed by atoms with Crippen molar-refractivity contribution in [1.82, 2.24) is 4.57 Å². The van der Waals surface area contributed by atoms with Gasteiger partial charge in [0.1, 0.15) is 0 Å². The number of nitrogens with zero attached hydrogens (tertiary/aromatic N) is 3. The highest BCUT2D eigenvalue weighted by atomic mass is 15.2. The number of nitriles is 1. The average molecular weight is 826 g/mol. The molecule has 0 saturated carbocycles. The molecular formula is C62H39N3. The zero-order chi connectivity index (χ0) is 42.8. The fourth-order valence-corrected chi connectivity index (χ4v) is 12.3. The first-order valence-corrected chi connectivity index (χ1v) is 22.6. The van der Waals surface area contributed by atoms with Crippen LogP contribution in [-0.2, 0) is 5.41 Å². The van der Waals surface area contributed by atoms with E-state index in [4.69, 9.17) is 0 Å². The van der Waals surface area contributed by atoms with Gasteiger partial charge >= 0.3 is 0 Å². The van der Waals surface area contributed by atoms with E-state index in [0.29, 0.717) is 5.56 Å². The third kappa shape index (κ3) is 4.83. The van der Waals surface area contributed by atoms with Crippen LogP contribution in [0.1, 0.15) is 44.9 Å². The Morgan fingerprint density at radius 3 is 1.85 bits per heavy atom. The Hall–Kier alpha value is -8.45. The van der Waals surface area contributed by atoms with Gasteiger partial charge in [-0.15, -0.1) is 0 Å². The number of fused-ring (bicyclic) bond motifs is 16. The van der Waals surface area contributed by atoms with E-state index in [1.807, 2.05) is 6.07 Å². The Morgan fingerprint density at radius 2 is 1.08 bits per heavy atom. The zero-order valence-electron chi connectivity index (χ0n) is 35.4. The van der Waals surface area contributed by atoms with Crippen LogP contribution in [0, 0.1) is 11.3 Å². The van der Waals surface area contributed by atoms with Crippen LogP contribution in [0.5, 0.6) is 0 Å². The summed E-state index contributed by atoms with van der Waals surface area (Å²) in [6.45, 7) is 0. The highest BCUT2D eigenvalue weighted by Gasteiger charge is 2.52. The summed E-state index contributed by atoms with van der Waals surface area (Å²) in [6.07, 6.45) is 7.05. The fraction of sp³-hybridized carbons (Fsp3) is 0.0484. The summed E-state index contributed by atoms with van der Waals surface area (Å²) in [5.74, 6) is 0.0719. The van der Waals surface area contributed by atoms with Gasteiger partial charge in [0.25, 0.3) is 0 Å². The van der Waals surface area contributed by atoms with Crippen LogP contribution in [0.4, 0.5) is 11.4 Å². The molecule has 65 heavy (non-hydrogen) atoms. The average Bonchev–Trinajstić information content (AvgIpc) is 4.08. The molecule has 1 aromatic heterocycles. The first-order chi connectivity index (χ1) is 32.2. The van der Waals surface area contributed by atoms with Crippen molar-refractivity contribution in [2.45, 2.75) is 17.4 Å². The highest BCUT2D eigenvalue weighted by molar-refractivity contribution is 6.14. The molecule has 3 nitrogen and oxygen atoms in total. The normalized spacial score (nSPS) is 16.7. The number of rotatable bonds is 4. The molecule has 2 atom stereocenters. The fourth-order valence-electron chi connectivity index (χ4n) is 12.3. The number of hydrogen-bond acceptors (Lipinski definition) is 2. The van der Waals surface area contributed by atoms with Crippen LogP contribution in [0.3, 0.4) is 0 Å². The van der Waals surface area contributed by atoms with Crippen molar-refractivity contribution in [3.8, 4) is 45.1 Å². The molecule has 0 N–H and O–H groups in total. The van der Waals surface area contributed by atoms with Gasteiger partial charge in [-0.3, -0.25) is 0 Å². The summed E-state index contributed by atoms with van der Waals surface area (Å²) in [7, 11) is 0. The first kappa shape index (κ1) is 36.1. The van der Waals surface area contributed by atoms with Gasteiger partial charge in [-0.1, -0.05) is 158 Å². The molecule has 3 aliphatic carbocycles. The van der Waals surface area contributed by atoms with Gasteiger partial charge in [-0.2, -0.15) is 5.26 Å². The van der Waals surface area contributed by atoms with Crippen molar-refractivity contribution in [2.75, 3.05) is 4.90 Å². The van der Waals surface area contributed by atoms with Gasteiger partial charge in [0.15, 0.2) is 0 Å². The lowest BCUT2D eigenvalue weighted by molar-refractivity contribution is 0.759. The number of para-hydroxylation sites is 3. The topological polar surface area (TPSA) is 32.0 Å². The second kappa shape index (κ2) is 13.5. The zero-order valence-corrected chi connectivity index (χ0v) is 35.4. The number of anilines is 2. The molecule has 14 rings (SSSR count). The monoisotopic (exact) mass is 825 g/mol. The van der Waals surface area contributed by atoms with Crippen LogP contribution in [-0.4, -0.2) is 10.6 Å². The summed E-state index contributed by atoms with van der Waals surface area (Å²) >= 11 is 0. The largest absolute Gasteiger partial charge is 0.333 e. The minimum absolute atomic E-state index is 0.0719. The predicted molar refractivity (Wildman–Crippen MR) is 266 cm³/mol. The summed E-state index contributed by atoms with van der Waals surface area (Å²) in [5.41, 5.74) is 22.3. The van der Waals surface area contributed by atoms with E-state index in [-0.39, 0.29) is 12.0 Å². The van der Waals surface area contributed by atoms with Crippen LogP contribution >= 0.6 is 0 Å². The maximum Gasteiger partial charge on any atom is 0.0991 e. The maximum absolute atomic E-state index is 10.2. The second-order valence-electron chi connectivity index (χ2n) is 17.8. The second-order valence-corrected chi connectivity index (χ2v) is 17.8. The predicted octanol–water partition coefficient (Wildman–Crippen LogP) is 14.9. The van der Waals surface area contributed by atoms with Crippen molar-refractivity contribution in [3.63, 3.8) is 0 Å². The molecule has 1 spiro atoms. The lowest BCUT2D eigenvalue weighted by Crippen LogP contribution is -2.30. The van der Waals surface area contributed by atoms with Crippen LogP contribution in [0.2, 0.25) is 0 Å².